The zero-order valence-electron chi connectivity index (χ0n) is 18.4. The Balaban J connectivity index is 1.29. The van der Waals surface area contributed by atoms with E-state index in [1.807, 2.05) is 48.5 Å². The number of nitrogens with one attached hydrogen (secondary N) is 1. The number of rotatable bonds is 5. The molecule has 32 heavy (non-hydrogen) atoms. The van der Waals surface area contributed by atoms with Crippen LogP contribution >= 0.6 is 0 Å². The highest BCUT2D eigenvalue weighted by Crippen LogP contribution is 2.25. The number of benzene rings is 2. The molecular formula is C24H28N4O4. The number of urea groups is 1. The van der Waals surface area contributed by atoms with Gasteiger partial charge in [-0.25, -0.2) is 4.79 Å². The summed E-state index contributed by atoms with van der Waals surface area (Å²) in [6.45, 7) is 4.63. The van der Waals surface area contributed by atoms with Crippen molar-refractivity contribution >= 4 is 29.1 Å². The minimum absolute atomic E-state index is 0.0117. The maximum Gasteiger partial charge on any atom is 0.317 e. The zero-order chi connectivity index (χ0) is 22.7. The van der Waals surface area contributed by atoms with Gasteiger partial charge in [0.05, 0.1) is 13.2 Å². The van der Waals surface area contributed by atoms with Gasteiger partial charge in [-0.1, -0.05) is 6.07 Å². The summed E-state index contributed by atoms with van der Waals surface area (Å²) in [5, 5.41) is 3.02. The summed E-state index contributed by atoms with van der Waals surface area (Å²) in [5.41, 5.74) is 2.52. The molecule has 2 aliphatic heterocycles. The average molecular weight is 437 g/mol. The number of anilines is 2. The summed E-state index contributed by atoms with van der Waals surface area (Å²) in [7, 11) is 1.59. The Morgan fingerprint density at radius 2 is 1.72 bits per heavy atom. The lowest BCUT2D eigenvalue weighted by atomic mass is 10.1. The number of methoxy groups -OCH3 is 1. The molecule has 0 bridgehead atoms. The minimum Gasteiger partial charge on any atom is -0.497 e. The van der Waals surface area contributed by atoms with E-state index in [1.54, 1.807) is 23.8 Å². The van der Waals surface area contributed by atoms with E-state index in [1.165, 1.54) is 0 Å². The molecule has 8 heteroatoms. The molecule has 0 aliphatic carbocycles. The van der Waals surface area contributed by atoms with Crippen LogP contribution in [-0.2, 0) is 4.79 Å². The van der Waals surface area contributed by atoms with Crippen LogP contribution in [0.2, 0.25) is 0 Å². The van der Waals surface area contributed by atoms with E-state index < -0.39 is 0 Å². The molecule has 0 saturated carbocycles. The Labute approximate surface area is 187 Å². The molecule has 4 rings (SSSR count). The summed E-state index contributed by atoms with van der Waals surface area (Å²) in [6, 6.07) is 14.6. The van der Waals surface area contributed by atoms with Crippen molar-refractivity contribution in [2.24, 2.45) is 0 Å². The largest absolute Gasteiger partial charge is 0.497 e. The number of ketones is 1. The highest BCUT2D eigenvalue weighted by molar-refractivity contribution is 5.97. The van der Waals surface area contributed by atoms with E-state index in [2.05, 4.69) is 10.2 Å². The number of Topliss-reactive ketones (excluding diaryl/α,β-unsaturated/α-hetero) is 1. The molecule has 8 nitrogen and oxygen atoms in total. The third-order valence-corrected chi connectivity index (χ3v) is 6.02. The van der Waals surface area contributed by atoms with Crippen molar-refractivity contribution in [1.82, 2.24) is 10.2 Å². The van der Waals surface area contributed by atoms with Gasteiger partial charge in [0.1, 0.15) is 5.75 Å². The van der Waals surface area contributed by atoms with E-state index >= 15 is 0 Å². The molecule has 168 valence electrons. The predicted molar refractivity (Wildman–Crippen MR) is 123 cm³/mol. The van der Waals surface area contributed by atoms with Gasteiger partial charge in [-0.15, -0.1) is 0 Å². The van der Waals surface area contributed by atoms with Crippen molar-refractivity contribution in [3.8, 4) is 5.75 Å². The molecule has 2 heterocycles. The van der Waals surface area contributed by atoms with Crippen molar-refractivity contribution in [1.29, 1.82) is 0 Å². The van der Waals surface area contributed by atoms with Crippen molar-refractivity contribution in [3.63, 3.8) is 0 Å². The zero-order valence-corrected chi connectivity index (χ0v) is 18.4. The fourth-order valence-corrected chi connectivity index (χ4v) is 4.17. The molecule has 1 N–H and O–H groups in total. The lowest BCUT2D eigenvalue weighted by molar-refractivity contribution is -0.117. The number of amides is 3. The summed E-state index contributed by atoms with van der Waals surface area (Å²) in [5.74, 6) is 0.729. The number of carbonyl (C=O) groups is 3. The van der Waals surface area contributed by atoms with Crippen LogP contribution in [0.3, 0.4) is 0 Å². The summed E-state index contributed by atoms with van der Waals surface area (Å²) in [6.07, 6.45) is 0.283. The lowest BCUT2D eigenvalue weighted by Gasteiger charge is -2.36. The highest BCUT2D eigenvalue weighted by Gasteiger charge is 2.33. The maximum atomic E-state index is 12.8. The maximum absolute atomic E-state index is 12.8. The van der Waals surface area contributed by atoms with Gasteiger partial charge in [0.15, 0.2) is 5.78 Å². The van der Waals surface area contributed by atoms with Crippen molar-refractivity contribution in [2.45, 2.75) is 19.4 Å². The highest BCUT2D eigenvalue weighted by atomic mass is 16.5. The fourth-order valence-electron chi connectivity index (χ4n) is 4.17. The quantitative estimate of drug-likeness (QED) is 0.729. The number of nitrogens with zero attached hydrogens (tertiary/aromatic N) is 3. The molecule has 0 unspecified atom stereocenters. The number of hydrogen-bond donors (Lipinski definition) is 1. The molecular weight excluding hydrogens is 408 g/mol. The lowest BCUT2D eigenvalue weighted by Crippen LogP contribution is -2.53. The first-order chi connectivity index (χ1) is 15.4. The third kappa shape index (κ3) is 4.69. The van der Waals surface area contributed by atoms with E-state index in [9.17, 15) is 14.4 Å². The molecule has 2 saturated heterocycles. The Hall–Kier alpha value is -3.55. The number of carbonyl (C=O) groups excluding carboxylic acids is 3. The van der Waals surface area contributed by atoms with Crippen LogP contribution in [0, 0.1) is 0 Å². The second-order valence-corrected chi connectivity index (χ2v) is 8.13. The van der Waals surface area contributed by atoms with Crippen LogP contribution in [0.25, 0.3) is 0 Å². The Morgan fingerprint density at radius 1 is 1.00 bits per heavy atom. The monoisotopic (exact) mass is 436 g/mol. The van der Waals surface area contributed by atoms with Crippen LogP contribution in [0.15, 0.2) is 48.5 Å². The van der Waals surface area contributed by atoms with Crippen molar-refractivity contribution in [3.05, 3.63) is 54.1 Å². The first kappa shape index (κ1) is 21.7. The van der Waals surface area contributed by atoms with Gasteiger partial charge in [0.25, 0.3) is 0 Å². The standard InChI is InChI=1S/C24H28N4O4/c1-17(29)18-6-8-20(9-7-18)26-10-12-27(13-11-26)24(31)25-19-14-23(30)28(16-19)21-4-3-5-22(15-21)32-2/h3-9,15,19H,10-14,16H2,1-2H3,(H,25,31)/t19-/m0/s1. The van der Waals surface area contributed by atoms with Crippen molar-refractivity contribution in [2.75, 3.05) is 49.6 Å². The molecule has 2 fully saturated rings. The van der Waals surface area contributed by atoms with Crippen LogP contribution in [0.5, 0.6) is 5.75 Å². The Kier molecular flexibility index (Phi) is 6.30. The normalized spacial score (nSPS) is 18.6. The molecule has 2 aromatic rings. The Bertz CT molecular complexity index is 999. The molecule has 1 atom stereocenters. The summed E-state index contributed by atoms with van der Waals surface area (Å²) < 4.78 is 5.24. The van der Waals surface area contributed by atoms with Gasteiger partial charge in [0.2, 0.25) is 5.91 Å². The molecule has 2 aliphatic rings. The van der Waals surface area contributed by atoms with E-state index in [4.69, 9.17) is 4.74 Å². The van der Waals surface area contributed by atoms with E-state index in [-0.39, 0.29) is 30.2 Å². The number of ether oxygens (including phenoxy) is 1. The van der Waals surface area contributed by atoms with E-state index in [0.717, 1.165) is 11.4 Å². The predicted octanol–water partition coefficient (Wildman–Crippen LogP) is 2.53. The first-order valence-corrected chi connectivity index (χ1v) is 10.8. The number of hydrogen-bond acceptors (Lipinski definition) is 5. The van der Waals surface area contributed by atoms with Crippen LogP contribution in [0.1, 0.15) is 23.7 Å². The first-order valence-electron chi connectivity index (χ1n) is 10.8. The SMILES string of the molecule is COc1cccc(N2C[C@@H](NC(=O)N3CCN(c4ccc(C(C)=O)cc4)CC3)CC2=O)c1. The van der Waals surface area contributed by atoms with Crippen LogP contribution in [-0.4, -0.2) is 68.5 Å². The van der Waals surface area contributed by atoms with Gasteiger partial charge < -0.3 is 24.8 Å². The second kappa shape index (κ2) is 9.30. The van der Waals surface area contributed by atoms with Gasteiger partial charge in [0, 0.05) is 62.1 Å². The third-order valence-electron chi connectivity index (χ3n) is 6.02. The van der Waals surface area contributed by atoms with Crippen molar-refractivity contribution < 1.29 is 19.1 Å². The summed E-state index contributed by atoms with van der Waals surface area (Å²) >= 11 is 0. The molecule has 0 aromatic heterocycles. The molecule has 0 spiro atoms. The van der Waals surface area contributed by atoms with E-state index in [0.29, 0.717) is 44.0 Å². The van der Waals surface area contributed by atoms with Gasteiger partial charge in [-0.2, -0.15) is 0 Å². The topological polar surface area (TPSA) is 82.2 Å². The molecule has 0 radical (unpaired) electrons. The van der Waals surface area contributed by atoms with Crippen LogP contribution < -0.4 is 19.9 Å². The number of piperazine rings is 1. The van der Waals surface area contributed by atoms with Gasteiger partial charge >= 0.3 is 6.03 Å². The van der Waals surface area contributed by atoms with Gasteiger partial charge in [-0.3, -0.25) is 9.59 Å². The van der Waals surface area contributed by atoms with Crippen LogP contribution in [0.4, 0.5) is 16.2 Å². The molecule has 3 amide bonds. The smallest absolute Gasteiger partial charge is 0.317 e. The summed E-state index contributed by atoms with van der Waals surface area (Å²) in [4.78, 5) is 42.4. The molecule has 2 aromatic carbocycles. The minimum atomic E-state index is -0.224. The average Bonchev–Trinajstić information content (AvgIpc) is 3.19. The van der Waals surface area contributed by atoms with Gasteiger partial charge in [-0.05, 0) is 43.3 Å². The second-order valence-electron chi connectivity index (χ2n) is 8.13. The fraction of sp³-hybridized carbons (Fsp3) is 0.375. The Morgan fingerprint density at radius 3 is 2.38 bits per heavy atom.